The summed E-state index contributed by atoms with van der Waals surface area (Å²) in [7, 11) is 0. The molecule has 3 aromatic heterocycles. The lowest BCUT2D eigenvalue weighted by molar-refractivity contribution is -0.116. The summed E-state index contributed by atoms with van der Waals surface area (Å²) in [4.78, 5) is 41.4. The first kappa shape index (κ1) is 20.2. The number of hydrogen-bond donors (Lipinski definition) is 2. The van der Waals surface area contributed by atoms with Gasteiger partial charge in [0.15, 0.2) is 0 Å². The molecule has 3 aromatic rings. The number of pyridine rings is 1. The number of H-pyrrole nitrogens is 1. The van der Waals surface area contributed by atoms with Crippen LogP contribution >= 0.6 is 11.3 Å². The highest BCUT2D eigenvalue weighted by atomic mass is 32.1. The Hall–Kier alpha value is -2.74. The van der Waals surface area contributed by atoms with E-state index in [9.17, 15) is 9.59 Å². The van der Waals surface area contributed by atoms with E-state index in [-0.39, 0.29) is 17.9 Å². The van der Waals surface area contributed by atoms with E-state index in [4.69, 9.17) is 0 Å². The van der Waals surface area contributed by atoms with E-state index in [0.717, 1.165) is 48.3 Å². The minimum atomic E-state index is -0.133. The zero-order valence-corrected chi connectivity index (χ0v) is 18.4. The molecule has 1 aliphatic carbocycles. The lowest BCUT2D eigenvalue weighted by Gasteiger charge is -2.28. The highest BCUT2D eigenvalue weighted by Gasteiger charge is 2.20. The van der Waals surface area contributed by atoms with Crippen LogP contribution in [-0.2, 0) is 24.1 Å². The van der Waals surface area contributed by atoms with Crippen LogP contribution in [0.4, 0.5) is 11.5 Å². The van der Waals surface area contributed by atoms with Gasteiger partial charge in [-0.3, -0.25) is 9.59 Å². The van der Waals surface area contributed by atoms with Crippen LogP contribution in [0, 0.1) is 0 Å². The molecule has 31 heavy (non-hydrogen) atoms. The van der Waals surface area contributed by atoms with Gasteiger partial charge in [-0.2, -0.15) is 0 Å². The number of aromatic nitrogens is 3. The molecule has 7 nitrogen and oxygen atoms in total. The van der Waals surface area contributed by atoms with Crippen molar-refractivity contribution in [3.8, 4) is 0 Å². The van der Waals surface area contributed by atoms with Crippen LogP contribution < -0.4 is 15.8 Å². The molecule has 0 atom stereocenters. The van der Waals surface area contributed by atoms with Crippen molar-refractivity contribution in [2.75, 3.05) is 23.3 Å². The molecule has 8 heteroatoms. The lowest BCUT2D eigenvalue weighted by Crippen LogP contribution is -2.29. The molecule has 0 unspecified atom stereocenters. The van der Waals surface area contributed by atoms with Crippen LogP contribution in [-0.4, -0.2) is 33.9 Å². The van der Waals surface area contributed by atoms with Gasteiger partial charge in [0.25, 0.3) is 5.56 Å². The van der Waals surface area contributed by atoms with E-state index in [1.54, 1.807) is 11.3 Å². The lowest BCUT2D eigenvalue weighted by atomic mass is 9.97. The van der Waals surface area contributed by atoms with E-state index in [1.165, 1.54) is 36.1 Å². The van der Waals surface area contributed by atoms with E-state index >= 15 is 0 Å². The van der Waals surface area contributed by atoms with Crippen molar-refractivity contribution >= 4 is 39.0 Å². The van der Waals surface area contributed by atoms with Crippen LogP contribution in [0.15, 0.2) is 23.1 Å². The fourth-order valence-electron chi connectivity index (χ4n) is 4.56. The van der Waals surface area contributed by atoms with Crippen molar-refractivity contribution in [2.45, 2.75) is 57.8 Å². The van der Waals surface area contributed by atoms with E-state index in [0.29, 0.717) is 18.1 Å². The Morgan fingerprint density at radius 1 is 1.13 bits per heavy atom. The first-order valence-electron chi connectivity index (χ1n) is 11.2. The van der Waals surface area contributed by atoms with Crippen LogP contribution in [0.1, 0.15) is 54.8 Å². The van der Waals surface area contributed by atoms with Gasteiger partial charge in [-0.05, 0) is 62.6 Å². The standard InChI is InChI=1S/C23H27N5O2S/c29-20(25-18-9-8-15(14-24-18)28-12-4-1-5-13-28)11-10-19-26-22(30)21-16-6-2-3-7-17(16)31-23(21)27-19/h8-9,14H,1-7,10-13H2,(H,24,25,29)(H,26,27,30). The summed E-state index contributed by atoms with van der Waals surface area (Å²) in [5.74, 6) is 0.986. The molecule has 4 heterocycles. The number of piperidine rings is 1. The SMILES string of the molecule is O=C(CCc1nc2sc3c(c2c(=O)[nH]1)CCCC3)Nc1ccc(N2CCCCC2)cn1. The van der Waals surface area contributed by atoms with Crippen molar-refractivity contribution in [3.05, 3.63) is 44.9 Å². The number of anilines is 2. The van der Waals surface area contributed by atoms with Crippen molar-refractivity contribution < 1.29 is 4.79 Å². The number of thiophene rings is 1. The highest BCUT2D eigenvalue weighted by Crippen LogP contribution is 2.33. The average molecular weight is 438 g/mol. The van der Waals surface area contributed by atoms with Crippen LogP contribution in [0.3, 0.4) is 0 Å². The molecule has 0 saturated carbocycles. The fourth-order valence-corrected chi connectivity index (χ4v) is 5.84. The van der Waals surface area contributed by atoms with Crippen molar-refractivity contribution in [1.29, 1.82) is 0 Å². The van der Waals surface area contributed by atoms with Crippen molar-refractivity contribution in [2.24, 2.45) is 0 Å². The van der Waals surface area contributed by atoms with Gasteiger partial charge in [0.2, 0.25) is 5.91 Å². The molecule has 0 aromatic carbocycles. The van der Waals surface area contributed by atoms with Gasteiger partial charge >= 0.3 is 0 Å². The maximum Gasteiger partial charge on any atom is 0.259 e. The number of aromatic amines is 1. The molecule has 0 bridgehead atoms. The number of amides is 1. The Morgan fingerprint density at radius 3 is 2.77 bits per heavy atom. The first-order chi connectivity index (χ1) is 15.2. The van der Waals surface area contributed by atoms with Crippen LogP contribution in [0.2, 0.25) is 0 Å². The summed E-state index contributed by atoms with van der Waals surface area (Å²) in [6.45, 7) is 2.13. The monoisotopic (exact) mass is 437 g/mol. The van der Waals surface area contributed by atoms with E-state index < -0.39 is 0 Å². The topological polar surface area (TPSA) is 91.0 Å². The van der Waals surface area contributed by atoms with Crippen molar-refractivity contribution in [3.63, 3.8) is 0 Å². The molecule has 0 radical (unpaired) electrons. The molecule has 1 saturated heterocycles. The molecule has 5 rings (SSSR count). The Morgan fingerprint density at radius 2 is 1.97 bits per heavy atom. The van der Waals surface area contributed by atoms with Crippen LogP contribution in [0.25, 0.3) is 10.2 Å². The minimum absolute atomic E-state index is 0.0743. The summed E-state index contributed by atoms with van der Waals surface area (Å²) in [5.41, 5.74) is 2.21. The second-order valence-corrected chi connectivity index (χ2v) is 9.48. The van der Waals surface area contributed by atoms with Gasteiger partial charge < -0.3 is 15.2 Å². The molecular weight excluding hydrogens is 410 g/mol. The molecule has 0 spiro atoms. The third-order valence-corrected chi connectivity index (χ3v) is 7.39. The average Bonchev–Trinajstić information content (AvgIpc) is 3.18. The van der Waals surface area contributed by atoms with Gasteiger partial charge in [0.05, 0.1) is 17.3 Å². The quantitative estimate of drug-likeness (QED) is 0.633. The van der Waals surface area contributed by atoms with Crippen molar-refractivity contribution in [1.82, 2.24) is 15.0 Å². The number of carbonyl (C=O) groups excluding carboxylic acids is 1. The minimum Gasteiger partial charge on any atom is -0.370 e. The zero-order valence-electron chi connectivity index (χ0n) is 17.6. The number of fused-ring (bicyclic) bond motifs is 3. The van der Waals surface area contributed by atoms with Crippen LogP contribution in [0.5, 0.6) is 0 Å². The Kier molecular flexibility index (Phi) is 5.72. The number of nitrogens with one attached hydrogen (secondary N) is 2. The molecule has 1 aliphatic heterocycles. The second kappa shape index (κ2) is 8.78. The Bertz CT molecular complexity index is 1150. The predicted molar refractivity (Wildman–Crippen MR) is 124 cm³/mol. The predicted octanol–water partition coefficient (Wildman–Crippen LogP) is 3.82. The molecular formula is C23H27N5O2S. The summed E-state index contributed by atoms with van der Waals surface area (Å²) in [6.07, 6.45) is 10.5. The number of carbonyl (C=O) groups is 1. The smallest absolute Gasteiger partial charge is 0.259 e. The summed E-state index contributed by atoms with van der Waals surface area (Å²) in [5, 5.41) is 3.60. The van der Waals surface area contributed by atoms with E-state index in [2.05, 4.69) is 25.2 Å². The van der Waals surface area contributed by atoms with Gasteiger partial charge in [0.1, 0.15) is 16.5 Å². The van der Waals surface area contributed by atoms with Gasteiger partial charge in [-0.15, -0.1) is 11.3 Å². The highest BCUT2D eigenvalue weighted by molar-refractivity contribution is 7.18. The van der Waals surface area contributed by atoms with Gasteiger partial charge in [0, 0.05) is 30.8 Å². The molecule has 2 aliphatic rings. The molecule has 162 valence electrons. The third kappa shape index (κ3) is 4.35. The first-order valence-corrected chi connectivity index (χ1v) is 12.0. The Labute approximate surface area is 184 Å². The maximum absolute atomic E-state index is 12.6. The largest absolute Gasteiger partial charge is 0.370 e. The second-order valence-electron chi connectivity index (χ2n) is 8.40. The maximum atomic E-state index is 12.6. The number of nitrogens with zero attached hydrogens (tertiary/aromatic N) is 3. The Balaban J connectivity index is 1.21. The molecule has 2 N–H and O–H groups in total. The zero-order chi connectivity index (χ0) is 21.2. The molecule has 1 fully saturated rings. The number of rotatable bonds is 5. The summed E-state index contributed by atoms with van der Waals surface area (Å²) < 4.78 is 0. The number of hydrogen-bond acceptors (Lipinski definition) is 6. The fraction of sp³-hybridized carbons (Fsp3) is 0.478. The van der Waals surface area contributed by atoms with E-state index in [1.807, 2.05) is 18.3 Å². The normalized spacial score (nSPS) is 16.3. The van der Waals surface area contributed by atoms with Gasteiger partial charge in [-0.25, -0.2) is 9.97 Å². The third-order valence-electron chi connectivity index (χ3n) is 6.20. The number of aryl methyl sites for hydroxylation is 3. The molecule has 1 amide bonds. The van der Waals surface area contributed by atoms with Gasteiger partial charge in [-0.1, -0.05) is 0 Å². The summed E-state index contributed by atoms with van der Waals surface area (Å²) in [6, 6.07) is 3.86. The summed E-state index contributed by atoms with van der Waals surface area (Å²) >= 11 is 1.63.